The van der Waals surface area contributed by atoms with E-state index >= 15 is 0 Å². The van der Waals surface area contributed by atoms with Crippen molar-refractivity contribution < 1.29 is 13.2 Å². The van der Waals surface area contributed by atoms with Gasteiger partial charge in [-0.25, -0.2) is 13.6 Å². The van der Waals surface area contributed by atoms with Crippen molar-refractivity contribution in [2.75, 3.05) is 12.4 Å². The summed E-state index contributed by atoms with van der Waals surface area (Å²) in [6.07, 6.45) is 3.20. The zero-order chi connectivity index (χ0) is 12.2. The number of nitrogens with two attached hydrogens (primary N) is 1. The number of nitrogens with zero attached hydrogens (tertiary/aromatic N) is 1. The van der Waals surface area contributed by atoms with Crippen molar-refractivity contribution in [3.63, 3.8) is 0 Å². The molecule has 1 aromatic heterocycles. The molecule has 2 N–H and O–H groups in total. The van der Waals surface area contributed by atoms with Crippen molar-refractivity contribution in [2.45, 2.75) is 6.92 Å². The number of hydrogen-bond donors (Lipinski definition) is 1. The van der Waals surface area contributed by atoms with Crippen molar-refractivity contribution in [2.24, 2.45) is 11.1 Å². The van der Waals surface area contributed by atoms with Gasteiger partial charge in [-0.2, -0.15) is 0 Å². The molecule has 5 nitrogen and oxygen atoms in total. The molecule has 1 aromatic rings. The first-order valence-electron chi connectivity index (χ1n) is 4.60. The van der Waals surface area contributed by atoms with E-state index < -0.39 is 10.0 Å². The first-order chi connectivity index (χ1) is 7.37. The minimum Gasteiger partial charge on any atom is -0.492 e. The molecular weight excluding hydrogens is 296 g/mol. The Bertz CT molecular complexity index is 450. The third-order valence-corrected chi connectivity index (χ3v) is 3.20. The molecule has 0 aliphatic carbocycles. The normalized spacial score (nSPS) is 13.4. The molecule has 1 heterocycles. The molecule has 1 unspecified atom stereocenters. The zero-order valence-electron chi connectivity index (χ0n) is 8.76. The van der Waals surface area contributed by atoms with E-state index in [0.717, 1.165) is 4.47 Å². The summed E-state index contributed by atoms with van der Waals surface area (Å²) in [6, 6.07) is 1.76. The number of hydrogen-bond acceptors (Lipinski definition) is 4. The molecule has 16 heavy (non-hydrogen) atoms. The van der Waals surface area contributed by atoms with Gasteiger partial charge in [0.15, 0.2) is 0 Å². The van der Waals surface area contributed by atoms with Gasteiger partial charge in [0.05, 0.1) is 18.6 Å². The third kappa shape index (κ3) is 5.43. The second-order valence-electron chi connectivity index (χ2n) is 3.58. The molecule has 0 spiro atoms. The number of sulfonamides is 1. The highest BCUT2D eigenvalue weighted by Gasteiger charge is 2.11. The zero-order valence-corrected chi connectivity index (χ0v) is 11.2. The Balaban J connectivity index is 2.46. The quantitative estimate of drug-likeness (QED) is 0.884. The van der Waals surface area contributed by atoms with Crippen LogP contribution in [0.3, 0.4) is 0 Å². The standard InChI is InChI=1S/C9H13BrN2O3S/c1-7(6-16(11,13)14)5-15-9-2-8(10)3-12-4-9/h2-4,7H,5-6H2,1H3,(H2,11,13,14). The molecular formula is C9H13BrN2O3S. The average molecular weight is 309 g/mol. The van der Waals surface area contributed by atoms with Crippen molar-refractivity contribution in [1.29, 1.82) is 0 Å². The van der Waals surface area contributed by atoms with E-state index in [9.17, 15) is 8.42 Å². The van der Waals surface area contributed by atoms with Gasteiger partial charge < -0.3 is 4.74 Å². The van der Waals surface area contributed by atoms with E-state index in [-0.39, 0.29) is 18.3 Å². The Morgan fingerprint density at radius 2 is 2.25 bits per heavy atom. The number of primary sulfonamides is 1. The van der Waals surface area contributed by atoms with Crippen LogP contribution in [0.2, 0.25) is 0 Å². The summed E-state index contributed by atoms with van der Waals surface area (Å²) in [5.74, 6) is 0.346. The highest BCUT2D eigenvalue weighted by atomic mass is 79.9. The van der Waals surface area contributed by atoms with Gasteiger partial charge in [0.2, 0.25) is 10.0 Å². The molecule has 0 saturated heterocycles. The Morgan fingerprint density at radius 1 is 1.56 bits per heavy atom. The van der Waals surface area contributed by atoms with Crippen LogP contribution in [0.1, 0.15) is 6.92 Å². The lowest BCUT2D eigenvalue weighted by molar-refractivity contribution is 0.271. The fraction of sp³-hybridized carbons (Fsp3) is 0.444. The van der Waals surface area contributed by atoms with Crippen molar-refractivity contribution in [3.05, 3.63) is 22.9 Å². The van der Waals surface area contributed by atoms with E-state index in [4.69, 9.17) is 9.88 Å². The number of ether oxygens (including phenoxy) is 1. The Morgan fingerprint density at radius 3 is 2.81 bits per heavy atom. The lowest BCUT2D eigenvalue weighted by atomic mass is 10.2. The molecule has 0 bridgehead atoms. The number of halogens is 1. The van der Waals surface area contributed by atoms with Crippen LogP contribution in [0.25, 0.3) is 0 Å². The topological polar surface area (TPSA) is 82.3 Å². The molecule has 0 aliphatic heterocycles. The van der Waals surface area contributed by atoms with Crippen LogP contribution in [-0.2, 0) is 10.0 Å². The van der Waals surface area contributed by atoms with Crippen LogP contribution in [0.4, 0.5) is 0 Å². The predicted octanol–water partition coefficient (Wildman–Crippen LogP) is 1.15. The molecule has 7 heteroatoms. The van der Waals surface area contributed by atoms with Crippen LogP contribution in [0.5, 0.6) is 5.75 Å². The second-order valence-corrected chi connectivity index (χ2v) is 6.16. The summed E-state index contributed by atoms with van der Waals surface area (Å²) in [7, 11) is -3.44. The minimum atomic E-state index is -3.44. The van der Waals surface area contributed by atoms with E-state index in [1.54, 1.807) is 25.4 Å². The van der Waals surface area contributed by atoms with Crippen LogP contribution < -0.4 is 9.88 Å². The molecule has 0 fully saturated rings. The second kappa shape index (κ2) is 5.60. The first-order valence-corrected chi connectivity index (χ1v) is 7.11. The summed E-state index contributed by atoms with van der Waals surface area (Å²) in [5, 5.41) is 4.93. The van der Waals surface area contributed by atoms with Crippen molar-refractivity contribution in [1.82, 2.24) is 4.98 Å². The number of aromatic nitrogens is 1. The maximum atomic E-state index is 10.8. The summed E-state index contributed by atoms with van der Waals surface area (Å²) in [5.41, 5.74) is 0. The molecule has 0 aliphatic rings. The van der Waals surface area contributed by atoms with Crippen LogP contribution in [0.15, 0.2) is 22.9 Å². The van der Waals surface area contributed by atoms with Crippen molar-refractivity contribution >= 4 is 26.0 Å². The van der Waals surface area contributed by atoms with E-state index in [2.05, 4.69) is 20.9 Å². The Hall–Kier alpha value is -0.660. The molecule has 0 saturated carbocycles. The van der Waals surface area contributed by atoms with Gasteiger partial charge in [0.1, 0.15) is 5.75 Å². The van der Waals surface area contributed by atoms with Crippen molar-refractivity contribution in [3.8, 4) is 5.75 Å². The SMILES string of the molecule is CC(COc1cncc(Br)c1)CS(N)(=O)=O. The van der Waals surface area contributed by atoms with Crippen LogP contribution >= 0.6 is 15.9 Å². The van der Waals surface area contributed by atoms with Gasteiger partial charge in [0.25, 0.3) is 0 Å². The molecule has 0 radical (unpaired) electrons. The Labute approximate surface area is 103 Å². The van der Waals surface area contributed by atoms with Gasteiger partial charge in [-0.1, -0.05) is 6.92 Å². The van der Waals surface area contributed by atoms with Gasteiger partial charge >= 0.3 is 0 Å². The van der Waals surface area contributed by atoms with Gasteiger partial charge in [-0.05, 0) is 22.0 Å². The summed E-state index contributed by atoms with van der Waals surface area (Å²) in [6.45, 7) is 2.05. The van der Waals surface area contributed by atoms with Crippen LogP contribution in [-0.4, -0.2) is 25.8 Å². The first kappa shape index (κ1) is 13.4. The highest BCUT2D eigenvalue weighted by Crippen LogP contribution is 2.16. The molecule has 90 valence electrons. The van der Waals surface area contributed by atoms with Gasteiger partial charge in [-0.15, -0.1) is 0 Å². The predicted molar refractivity (Wildman–Crippen MR) is 64.6 cm³/mol. The summed E-state index contributed by atoms with van der Waals surface area (Å²) in [4.78, 5) is 3.92. The minimum absolute atomic E-state index is 0.0889. The summed E-state index contributed by atoms with van der Waals surface area (Å²) >= 11 is 3.26. The Kier molecular flexibility index (Phi) is 4.69. The van der Waals surface area contributed by atoms with E-state index in [1.165, 1.54) is 0 Å². The van der Waals surface area contributed by atoms with E-state index in [1.807, 2.05) is 0 Å². The third-order valence-electron chi connectivity index (χ3n) is 1.73. The average Bonchev–Trinajstić information content (AvgIpc) is 2.12. The molecule has 0 aromatic carbocycles. The van der Waals surface area contributed by atoms with Gasteiger partial charge in [-0.3, -0.25) is 4.98 Å². The highest BCUT2D eigenvalue weighted by molar-refractivity contribution is 9.10. The summed E-state index contributed by atoms with van der Waals surface area (Å²) < 4.78 is 27.8. The lowest BCUT2D eigenvalue weighted by Gasteiger charge is -2.11. The maximum absolute atomic E-state index is 10.8. The molecule has 1 atom stereocenters. The number of pyridine rings is 1. The largest absolute Gasteiger partial charge is 0.492 e. The fourth-order valence-electron chi connectivity index (χ4n) is 1.15. The monoisotopic (exact) mass is 308 g/mol. The smallest absolute Gasteiger partial charge is 0.209 e. The number of rotatable bonds is 5. The van der Waals surface area contributed by atoms with E-state index in [0.29, 0.717) is 5.75 Å². The lowest BCUT2D eigenvalue weighted by Crippen LogP contribution is -2.25. The molecule has 0 amide bonds. The fourth-order valence-corrected chi connectivity index (χ4v) is 2.39. The van der Waals surface area contributed by atoms with Crippen LogP contribution in [0, 0.1) is 5.92 Å². The van der Waals surface area contributed by atoms with Gasteiger partial charge in [0, 0.05) is 16.6 Å². The maximum Gasteiger partial charge on any atom is 0.209 e. The molecule has 1 rings (SSSR count).